The third kappa shape index (κ3) is 8.05. The van der Waals surface area contributed by atoms with Gasteiger partial charge in [0, 0.05) is 12.5 Å². The number of hydrogen-bond donors (Lipinski definition) is 2. The van der Waals surface area contributed by atoms with E-state index in [0.29, 0.717) is 12.3 Å². The van der Waals surface area contributed by atoms with Crippen LogP contribution >= 0.6 is 0 Å². The topological polar surface area (TPSA) is 38.0 Å². The van der Waals surface area contributed by atoms with Crippen LogP contribution in [-0.4, -0.2) is 12.2 Å². The fourth-order valence-electron chi connectivity index (χ4n) is 1.18. The molecule has 0 amide bonds. The molecule has 0 aliphatic carbocycles. The summed E-state index contributed by atoms with van der Waals surface area (Å²) in [5.41, 5.74) is 2.41. The zero-order valence-electron chi connectivity index (χ0n) is 7.99. The number of hydrogen-bond acceptors (Lipinski definition) is 2. The molecule has 0 saturated carbocycles. The fraction of sp³-hybridized carbons (Fsp3) is 1.00. The third-order valence-corrected chi connectivity index (χ3v) is 1.77. The maximum atomic E-state index is 11.8. The van der Waals surface area contributed by atoms with E-state index in [9.17, 15) is 13.2 Å². The van der Waals surface area contributed by atoms with Gasteiger partial charge in [0.15, 0.2) is 0 Å². The summed E-state index contributed by atoms with van der Waals surface area (Å²) in [6.07, 6.45) is -4.12. The summed E-state index contributed by atoms with van der Waals surface area (Å²) >= 11 is 0. The Labute approximate surface area is 76.7 Å². The van der Waals surface area contributed by atoms with Gasteiger partial charge in [0.1, 0.15) is 0 Å². The number of halogens is 3. The second kappa shape index (κ2) is 5.44. The van der Waals surface area contributed by atoms with Crippen LogP contribution < -0.4 is 11.3 Å². The first-order valence-electron chi connectivity index (χ1n) is 4.38. The lowest BCUT2D eigenvalue weighted by molar-refractivity contribution is -0.136. The van der Waals surface area contributed by atoms with Crippen molar-refractivity contribution in [1.29, 1.82) is 0 Å². The molecule has 13 heavy (non-hydrogen) atoms. The van der Waals surface area contributed by atoms with E-state index >= 15 is 0 Å². The molecule has 0 aromatic carbocycles. The van der Waals surface area contributed by atoms with E-state index in [1.165, 1.54) is 0 Å². The van der Waals surface area contributed by atoms with Crippen molar-refractivity contribution < 1.29 is 13.2 Å². The highest BCUT2D eigenvalue weighted by Crippen LogP contribution is 2.23. The Morgan fingerprint density at radius 2 is 1.85 bits per heavy atom. The maximum absolute atomic E-state index is 11.8. The number of rotatable bonds is 5. The van der Waals surface area contributed by atoms with E-state index in [-0.39, 0.29) is 12.5 Å². The number of alkyl halides is 3. The zero-order chi connectivity index (χ0) is 10.5. The van der Waals surface area contributed by atoms with Gasteiger partial charge in [-0.25, -0.2) is 0 Å². The minimum atomic E-state index is -4.08. The zero-order valence-corrected chi connectivity index (χ0v) is 7.99. The molecule has 0 aromatic rings. The van der Waals surface area contributed by atoms with Crippen molar-refractivity contribution >= 4 is 0 Å². The highest BCUT2D eigenvalue weighted by molar-refractivity contribution is 4.67. The van der Waals surface area contributed by atoms with Crippen molar-refractivity contribution in [2.75, 3.05) is 0 Å². The molecule has 80 valence electrons. The van der Waals surface area contributed by atoms with Crippen LogP contribution in [0.4, 0.5) is 13.2 Å². The molecule has 0 radical (unpaired) electrons. The largest absolute Gasteiger partial charge is 0.389 e. The van der Waals surface area contributed by atoms with Crippen LogP contribution in [0, 0.1) is 5.92 Å². The van der Waals surface area contributed by atoms with Crippen molar-refractivity contribution in [3.8, 4) is 0 Å². The Balaban J connectivity index is 3.72. The molecule has 1 unspecified atom stereocenters. The van der Waals surface area contributed by atoms with Gasteiger partial charge in [-0.15, -0.1) is 0 Å². The lowest BCUT2D eigenvalue weighted by atomic mass is 10.0. The Bertz CT molecular complexity index is 134. The van der Waals surface area contributed by atoms with Crippen LogP contribution in [0.2, 0.25) is 0 Å². The highest BCUT2D eigenvalue weighted by atomic mass is 19.4. The second-order valence-electron chi connectivity index (χ2n) is 3.65. The minimum absolute atomic E-state index is 0.0537. The van der Waals surface area contributed by atoms with Gasteiger partial charge >= 0.3 is 6.18 Å². The Morgan fingerprint density at radius 1 is 1.31 bits per heavy atom. The van der Waals surface area contributed by atoms with Crippen LogP contribution in [0.5, 0.6) is 0 Å². The van der Waals surface area contributed by atoms with Crippen LogP contribution in [0.3, 0.4) is 0 Å². The van der Waals surface area contributed by atoms with E-state index in [1.807, 2.05) is 13.8 Å². The first-order valence-corrected chi connectivity index (χ1v) is 4.38. The SMILES string of the molecule is CC(C)CC(CCC(F)(F)F)NN. The molecule has 0 spiro atoms. The predicted molar refractivity (Wildman–Crippen MR) is 45.9 cm³/mol. The molecular weight excluding hydrogens is 181 g/mol. The molecule has 0 aromatic heterocycles. The van der Waals surface area contributed by atoms with Crippen molar-refractivity contribution in [2.45, 2.75) is 45.3 Å². The van der Waals surface area contributed by atoms with Gasteiger partial charge in [0.25, 0.3) is 0 Å². The first kappa shape index (κ1) is 12.7. The molecule has 3 N–H and O–H groups in total. The molecule has 0 aliphatic rings. The average molecular weight is 198 g/mol. The van der Waals surface area contributed by atoms with Gasteiger partial charge in [-0.2, -0.15) is 13.2 Å². The monoisotopic (exact) mass is 198 g/mol. The van der Waals surface area contributed by atoms with Gasteiger partial charge < -0.3 is 0 Å². The molecule has 0 heterocycles. The fourth-order valence-corrected chi connectivity index (χ4v) is 1.18. The molecule has 5 heteroatoms. The van der Waals surface area contributed by atoms with Gasteiger partial charge in [-0.05, 0) is 18.8 Å². The van der Waals surface area contributed by atoms with E-state index in [2.05, 4.69) is 5.43 Å². The molecule has 2 nitrogen and oxygen atoms in total. The second-order valence-corrected chi connectivity index (χ2v) is 3.65. The van der Waals surface area contributed by atoms with Gasteiger partial charge in [-0.1, -0.05) is 13.8 Å². The molecule has 0 fully saturated rings. The third-order valence-electron chi connectivity index (χ3n) is 1.77. The van der Waals surface area contributed by atoms with Gasteiger partial charge in [0.05, 0.1) is 0 Å². The summed E-state index contributed by atoms with van der Waals surface area (Å²) in [5.74, 6) is 5.49. The van der Waals surface area contributed by atoms with Crippen LogP contribution in [0.1, 0.15) is 33.1 Å². The number of nitrogens with one attached hydrogen (secondary N) is 1. The normalized spacial score (nSPS) is 15.0. The minimum Gasteiger partial charge on any atom is -0.271 e. The highest BCUT2D eigenvalue weighted by Gasteiger charge is 2.28. The Kier molecular flexibility index (Phi) is 5.32. The van der Waals surface area contributed by atoms with Crippen molar-refractivity contribution in [3.63, 3.8) is 0 Å². The van der Waals surface area contributed by atoms with E-state index < -0.39 is 12.6 Å². The smallest absolute Gasteiger partial charge is 0.271 e. The van der Waals surface area contributed by atoms with Crippen molar-refractivity contribution in [1.82, 2.24) is 5.43 Å². The maximum Gasteiger partial charge on any atom is 0.389 e. The molecule has 1 atom stereocenters. The van der Waals surface area contributed by atoms with Gasteiger partial charge in [0.2, 0.25) is 0 Å². The lowest BCUT2D eigenvalue weighted by Gasteiger charge is -2.18. The van der Waals surface area contributed by atoms with E-state index in [4.69, 9.17) is 5.84 Å². The molecule has 0 rings (SSSR count). The molecule has 0 bridgehead atoms. The van der Waals surface area contributed by atoms with Crippen LogP contribution in [-0.2, 0) is 0 Å². The van der Waals surface area contributed by atoms with E-state index in [0.717, 1.165) is 0 Å². The lowest BCUT2D eigenvalue weighted by Crippen LogP contribution is -2.36. The summed E-state index contributed by atoms with van der Waals surface area (Å²) in [4.78, 5) is 0. The first-order chi connectivity index (χ1) is 5.85. The molecular formula is C8H17F3N2. The van der Waals surface area contributed by atoms with Crippen LogP contribution in [0.15, 0.2) is 0 Å². The van der Waals surface area contributed by atoms with Crippen molar-refractivity contribution in [2.24, 2.45) is 11.8 Å². The summed E-state index contributed by atoms with van der Waals surface area (Å²) in [6, 6.07) is -0.235. The summed E-state index contributed by atoms with van der Waals surface area (Å²) in [5, 5.41) is 0. The molecule has 0 aliphatic heterocycles. The number of nitrogens with two attached hydrogens (primary N) is 1. The summed E-state index contributed by atoms with van der Waals surface area (Å²) in [7, 11) is 0. The predicted octanol–water partition coefficient (Wildman–Crippen LogP) is 2.21. The number of hydrazine groups is 1. The Hall–Kier alpha value is -0.290. The van der Waals surface area contributed by atoms with Crippen molar-refractivity contribution in [3.05, 3.63) is 0 Å². The average Bonchev–Trinajstić information content (AvgIpc) is 1.95. The summed E-state index contributed by atoms with van der Waals surface area (Å²) < 4.78 is 35.5. The standard InChI is InChI=1S/C8H17F3N2/c1-6(2)5-7(13-12)3-4-8(9,10)11/h6-7,13H,3-5,12H2,1-2H3. The van der Waals surface area contributed by atoms with Gasteiger partial charge in [-0.3, -0.25) is 11.3 Å². The molecule has 0 saturated heterocycles. The summed E-state index contributed by atoms with van der Waals surface area (Å²) in [6.45, 7) is 3.91. The van der Waals surface area contributed by atoms with Crippen LogP contribution in [0.25, 0.3) is 0 Å². The quantitative estimate of drug-likeness (QED) is 0.525. The Morgan fingerprint density at radius 3 is 2.15 bits per heavy atom. The van der Waals surface area contributed by atoms with E-state index in [1.54, 1.807) is 0 Å².